The highest BCUT2D eigenvalue weighted by Crippen LogP contribution is 2.66. The van der Waals surface area contributed by atoms with Crippen molar-refractivity contribution in [1.29, 1.82) is 0 Å². The fourth-order valence-electron chi connectivity index (χ4n) is 6.72. The number of aliphatic hydroxyl groups is 1. The van der Waals surface area contributed by atoms with Gasteiger partial charge in [-0.15, -0.1) is 30.0 Å². The third kappa shape index (κ3) is 5.41. The first-order valence-electron chi connectivity index (χ1n) is 14.5. The van der Waals surface area contributed by atoms with Crippen LogP contribution in [-0.4, -0.2) is 90.0 Å². The second kappa shape index (κ2) is 12.8. The predicted octanol–water partition coefficient (Wildman–Crippen LogP) is 3.17. The second-order valence-electron chi connectivity index (χ2n) is 11.0. The first kappa shape index (κ1) is 29.3. The number of hydrogen-bond donors (Lipinski definition) is 1. The van der Waals surface area contributed by atoms with E-state index < -0.39 is 22.6 Å². The number of ether oxygens (including phenoxy) is 1. The molecule has 1 spiro atoms. The number of fused-ring (bicyclic) bond motifs is 2. The Kier molecular flexibility index (Phi) is 9.13. The third-order valence-electron chi connectivity index (χ3n) is 8.55. The Bertz CT molecular complexity index is 1300. The maximum atomic E-state index is 14.5. The van der Waals surface area contributed by atoms with Crippen LogP contribution in [0.15, 0.2) is 49.6 Å². The van der Waals surface area contributed by atoms with Crippen LogP contribution >= 0.6 is 11.8 Å². The molecule has 3 aliphatic rings. The molecule has 2 aromatic rings. The van der Waals surface area contributed by atoms with Crippen LogP contribution in [0.2, 0.25) is 0 Å². The molecule has 2 unspecified atom stereocenters. The van der Waals surface area contributed by atoms with Crippen LogP contribution in [0.5, 0.6) is 0 Å². The van der Waals surface area contributed by atoms with Gasteiger partial charge in [0, 0.05) is 24.9 Å². The van der Waals surface area contributed by atoms with Gasteiger partial charge in [-0.05, 0) is 57.1 Å². The lowest BCUT2D eigenvalue weighted by Gasteiger charge is -2.37. The lowest BCUT2D eigenvalue weighted by atomic mass is 9.71. The summed E-state index contributed by atoms with van der Waals surface area (Å²) in [6.45, 7) is 8.70. The molecule has 0 aliphatic carbocycles. The van der Waals surface area contributed by atoms with E-state index in [2.05, 4.69) is 23.5 Å². The van der Waals surface area contributed by atoms with E-state index in [0.717, 1.165) is 36.7 Å². The van der Waals surface area contributed by atoms with Gasteiger partial charge < -0.3 is 19.6 Å². The number of aromatic nitrogens is 3. The number of para-hydroxylation sites is 1. The number of rotatable bonds is 15. The quantitative estimate of drug-likeness (QED) is 0.194. The Balaban J connectivity index is 1.42. The molecule has 2 bridgehead atoms. The largest absolute Gasteiger partial charge is 0.465 e. The number of carbonyl (C=O) groups is 3. The molecule has 1 aromatic carbocycles. The van der Waals surface area contributed by atoms with Gasteiger partial charge in [0.1, 0.15) is 18.2 Å². The molecule has 5 rings (SSSR count). The summed E-state index contributed by atoms with van der Waals surface area (Å²) in [4.78, 5) is 45.3. The average molecular weight is 582 g/mol. The number of amides is 2. The topological polar surface area (TPSA) is 118 Å². The molecule has 3 saturated heterocycles. The highest BCUT2D eigenvalue weighted by atomic mass is 32.2. The first-order chi connectivity index (χ1) is 20.0. The zero-order chi connectivity index (χ0) is 29.0. The smallest absolute Gasteiger partial charge is 0.310 e. The van der Waals surface area contributed by atoms with E-state index in [4.69, 9.17) is 4.74 Å². The van der Waals surface area contributed by atoms with Crippen LogP contribution in [0.25, 0.3) is 11.0 Å². The average Bonchev–Trinajstić information content (AvgIpc) is 3.72. The van der Waals surface area contributed by atoms with Crippen LogP contribution in [0.3, 0.4) is 0 Å². The van der Waals surface area contributed by atoms with E-state index in [-0.39, 0.29) is 42.9 Å². The molecule has 5 atom stereocenters. The molecule has 4 heterocycles. The SMILES string of the molecule is C=CCCCCOC(=O)[C@@H]1[C@@H]2CCC3(S2)C(C(=O)N(CC=C)Cn2nnc4ccccc42)N(CCCCO)C(=O)[C@H]13. The predicted molar refractivity (Wildman–Crippen MR) is 157 cm³/mol. The van der Waals surface area contributed by atoms with Gasteiger partial charge in [0.2, 0.25) is 11.8 Å². The van der Waals surface area contributed by atoms with Gasteiger partial charge in [-0.1, -0.05) is 29.5 Å². The van der Waals surface area contributed by atoms with Crippen LogP contribution in [0.4, 0.5) is 0 Å². The zero-order valence-corrected chi connectivity index (χ0v) is 24.2. The monoisotopic (exact) mass is 581 g/mol. The molecule has 11 heteroatoms. The molecule has 41 heavy (non-hydrogen) atoms. The van der Waals surface area contributed by atoms with Crippen molar-refractivity contribution in [2.24, 2.45) is 11.8 Å². The summed E-state index contributed by atoms with van der Waals surface area (Å²) in [5.74, 6) is -1.84. The molecule has 3 fully saturated rings. The second-order valence-corrected chi connectivity index (χ2v) is 12.6. The molecule has 220 valence electrons. The number of hydrogen-bond acceptors (Lipinski definition) is 8. The number of nitrogens with zero attached hydrogens (tertiary/aromatic N) is 5. The minimum absolute atomic E-state index is 0.00874. The van der Waals surface area contributed by atoms with Crippen molar-refractivity contribution < 1.29 is 24.2 Å². The Hall–Kier alpha value is -3.18. The number of thioether (sulfide) groups is 1. The number of aliphatic hydroxyl groups excluding tert-OH is 1. The van der Waals surface area contributed by atoms with E-state index in [1.54, 1.807) is 32.3 Å². The van der Waals surface area contributed by atoms with E-state index in [1.165, 1.54) is 0 Å². The van der Waals surface area contributed by atoms with Crippen molar-refractivity contribution in [1.82, 2.24) is 24.8 Å². The molecular weight excluding hydrogens is 542 g/mol. The summed E-state index contributed by atoms with van der Waals surface area (Å²) in [6.07, 6.45) is 8.55. The molecular formula is C30H39N5O5S. The Labute approximate surface area is 244 Å². The van der Waals surface area contributed by atoms with Crippen molar-refractivity contribution in [3.63, 3.8) is 0 Å². The highest BCUT2D eigenvalue weighted by molar-refractivity contribution is 8.02. The van der Waals surface area contributed by atoms with Crippen molar-refractivity contribution in [2.75, 3.05) is 26.3 Å². The van der Waals surface area contributed by atoms with Crippen LogP contribution in [0, 0.1) is 11.8 Å². The zero-order valence-electron chi connectivity index (χ0n) is 23.4. The Morgan fingerprint density at radius 2 is 2.02 bits per heavy atom. The number of benzene rings is 1. The van der Waals surface area contributed by atoms with Gasteiger partial charge >= 0.3 is 5.97 Å². The summed E-state index contributed by atoms with van der Waals surface area (Å²) in [5, 5.41) is 17.9. The molecule has 2 amide bonds. The summed E-state index contributed by atoms with van der Waals surface area (Å²) in [7, 11) is 0. The first-order valence-corrected chi connectivity index (χ1v) is 15.4. The van der Waals surface area contributed by atoms with Gasteiger partial charge in [-0.2, -0.15) is 0 Å². The van der Waals surface area contributed by atoms with Gasteiger partial charge in [0.05, 0.1) is 28.7 Å². The summed E-state index contributed by atoms with van der Waals surface area (Å²) in [6, 6.07) is 6.83. The van der Waals surface area contributed by atoms with Crippen molar-refractivity contribution in [3.8, 4) is 0 Å². The molecule has 1 N–H and O–H groups in total. The maximum absolute atomic E-state index is 14.5. The number of carbonyl (C=O) groups excluding carboxylic acids is 3. The molecule has 10 nitrogen and oxygen atoms in total. The fraction of sp³-hybridized carbons (Fsp3) is 0.567. The van der Waals surface area contributed by atoms with E-state index in [1.807, 2.05) is 30.3 Å². The normalized spacial score (nSPS) is 26.4. The standard InChI is InChI=1S/C30H39N5O5S/c1-3-5-6-11-19-40-29(39)24-23-14-15-30(41-23)25(24)27(37)34(17-9-10-18-36)26(30)28(38)33(16-4-2)20-35-22-13-8-7-12-21(22)31-32-35/h3-4,7-8,12-13,23-26,36H,1-2,5-6,9-11,14-20H2/t23-,24+,25-,26?,30?/m0/s1. The number of unbranched alkanes of at least 4 members (excludes halogenated alkanes) is 3. The number of allylic oxidation sites excluding steroid dienone is 1. The Morgan fingerprint density at radius 1 is 1.20 bits per heavy atom. The van der Waals surface area contributed by atoms with Crippen LogP contribution < -0.4 is 0 Å². The van der Waals surface area contributed by atoms with Crippen molar-refractivity contribution >= 4 is 40.6 Å². The number of likely N-dealkylation sites (tertiary alicyclic amines) is 1. The fourth-order valence-corrected chi connectivity index (χ4v) is 8.93. The van der Waals surface area contributed by atoms with Gasteiger partial charge in [0.25, 0.3) is 0 Å². The van der Waals surface area contributed by atoms with Crippen molar-refractivity contribution in [2.45, 2.75) is 67.7 Å². The summed E-state index contributed by atoms with van der Waals surface area (Å²) in [5.41, 5.74) is 1.54. The molecule has 3 aliphatic heterocycles. The maximum Gasteiger partial charge on any atom is 0.310 e. The minimum Gasteiger partial charge on any atom is -0.465 e. The lowest BCUT2D eigenvalue weighted by molar-refractivity contribution is -0.154. The lowest BCUT2D eigenvalue weighted by Crippen LogP contribution is -2.55. The summed E-state index contributed by atoms with van der Waals surface area (Å²) < 4.78 is 6.67. The minimum atomic E-state index is -0.728. The van der Waals surface area contributed by atoms with Crippen LogP contribution in [0.1, 0.15) is 44.9 Å². The molecule has 0 radical (unpaired) electrons. The number of esters is 1. The van der Waals surface area contributed by atoms with Crippen molar-refractivity contribution in [3.05, 3.63) is 49.6 Å². The third-order valence-corrected chi connectivity index (χ3v) is 10.5. The van der Waals surface area contributed by atoms with E-state index in [9.17, 15) is 19.5 Å². The molecule has 1 aromatic heterocycles. The van der Waals surface area contributed by atoms with E-state index >= 15 is 0 Å². The highest BCUT2D eigenvalue weighted by Gasteiger charge is 2.74. The van der Waals surface area contributed by atoms with Crippen LogP contribution in [-0.2, 0) is 25.8 Å². The van der Waals surface area contributed by atoms with Gasteiger partial charge in [-0.25, -0.2) is 4.68 Å². The van der Waals surface area contributed by atoms with E-state index in [0.29, 0.717) is 32.4 Å². The van der Waals surface area contributed by atoms with Gasteiger partial charge in [0.15, 0.2) is 0 Å². The summed E-state index contributed by atoms with van der Waals surface area (Å²) >= 11 is 1.63. The molecule has 0 saturated carbocycles. The van der Waals surface area contributed by atoms with Gasteiger partial charge in [-0.3, -0.25) is 14.4 Å². The Morgan fingerprint density at radius 3 is 2.80 bits per heavy atom.